The summed E-state index contributed by atoms with van der Waals surface area (Å²) in [7, 11) is 0. The van der Waals surface area contributed by atoms with Crippen molar-refractivity contribution in [3.8, 4) is 6.07 Å². The summed E-state index contributed by atoms with van der Waals surface area (Å²) in [6, 6.07) is 17.0. The van der Waals surface area contributed by atoms with Gasteiger partial charge >= 0.3 is 0 Å². The highest BCUT2D eigenvalue weighted by Crippen LogP contribution is 2.39. The van der Waals surface area contributed by atoms with Crippen LogP contribution in [-0.2, 0) is 19.4 Å². The van der Waals surface area contributed by atoms with Crippen LogP contribution in [0.25, 0.3) is 16.5 Å². The van der Waals surface area contributed by atoms with Gasteiger partial charge in [-0.1, -0.05) is 55.6 Å². The molecule has 4 aromatic rings. The van der Waals surface area contributed by atoms with Crippen LogP contribution in [0.4, 0.5) is 9.39 Å². The van der Waals surface area contributed by atoms with Crippen molar-refractivity contribution in [2.24, 2.45) is 5.92 Å². The molecule has 1 atom stereocenters. The Morgan fingerprint density at radius 2 is 2.02 bits per heavy atom. The Morgan fingerprint density at radius 1 is 1.17 bits per heavy atom. The van der Waals surface area contributed by atoms with E-state index in [-0.39, 0.29) is 0 Å². The van der Waals surface area contributed by atoms with Crippen molar-refractivity contribution in [3.05, 3.63) is 94.0 Å². The average Bonchev–Trinajstić information content (AvgIpc) is 3.60. The molecule has 2 aliphatic heterocycles. The predicted octanol–water partition coefficient (Wildman–Crippen LogP) is 7.45. The maximum absolute atomic E-state index is 13.2. The second-order valence-electron chi connectivity index (χ2n) is 11.2. The zero-order valence-corrected chi connectivity index (χ0v) is 25.4. The molecule has 6 rings (SSSR count). The number of nitrogens with one attached hydrogen (secondary N) is 1. The van der Waals surface area contributed by atoms with Crippen molar-refractivity contribution in [3.63, 3.8) is 0 Å². The molecule has 1 N–H and O–H groups in total. The van der Waals surface area contributed by atoms with Crippen LogP contribution >= 0.6 is 22.9 Å². The molecular formula is C33H35FN6S2. The molecule has 0 bridgehead atoms. The zero-order valence-electron chi connectivity index (χ0n) is 23.7. The maximum atomic E-state index is 13.2. The first-order chi connectivity index (χ1) is 20.5. The van der Waals surface area contributed by atoms with Gasteiger partial charge in [-0.2, -0.15) is 19.0 Å². The van der Waals surface area contributed by atoms with Crippen LogP contribution in [0.5, 0.6) is 0 Å². The average molecular weight is 599 g/mol. The van der Waals surface area contributed by atoms with Gasteiger partial charge in [0.25, 0.3) is 5.26 Å². The second-order valence-corrected chi connectivity index (χ2v) is 13.1. The summed E-state index contributed by atoms with van der Waals surface area (Å²) in [4.78, 5) is 10.0. The molecule has 2 aromatic carbocycles. The van der Waals surface area contributed by atoms with E-state index in [1.165, 1.54) is 23.1 Å². The lowest BCUT2D eigenvalue weighted by Crippen LogP contribution is -2.37. The van der Waals surface area contributed by atoms with Crippen LogP contribution in [0.3, 0.4) is 0 Å². The highest BCUT2D eigenvalue weighted by Gasteiger charge is 2.26. The summed E-state index contributed by atoms with van der Waals surface area (Å²) in [5, 5.41) is 16.3. The zero-order chi connectivity index (χ0) is 29.1. The molecule has 0 aliphatic carbocycles. The van der Waals surface area contributed by atoms with Crippen molar-refractivity contribution < 1.29 is 4.39 Å². The van der Waals surface area contributed by atoms with Gasteiger partial charge in [-0.15, -0.1) is 11.3 Å². The Bertz CT molecular complexity index is 1640. The first kappa shape index (κ1) is 28.5. The van der Waals surface area contributed by atoms with Crippen LogP contribution in [0.15, 0.2) is 61.3 Å². The topological polar surface area (TPSA) is 68.1 Å². The van der Waals surface area contributed by atoms with Crippen LogP contribution < -0.4 is 5.32 Å². The largest absolute Gasteiger partial charge is 0.370 e. The summed E-state index contributed by atoms with van der Waals surface area (Å²) >= 11 is 2.51. The van der Waals surface area contributed by atoms with E-state index in [9.17, 15) is 9.65 Å². The van der Waals surface area contributed by atoms with E-state index in [0.717, 1.165) is 108 Å². The van der Waals surface area contributed by atoms with Crippen molar-refractivity contribution in [1.29, 1.82) is 5.26 Å². The van der Waals surface area contributed by atoms with Gasteiger partial charge in [0.15, 0.2) is 0 Å². The third kappa shape index (κ3) is 6.26. The normalized spacial score (nSPS) is 17.1. The number of thiophene rings is 1. The molecule has 42 heavy (non-hydrogen) atoms. The summed E-state index contributed by atoms with van der Waals surface area (Å²) < 4.78 is 17.3. The van der Waals surface area contributed by atoms with Gasteiger partial charge in [-0.25, -0.2) is 0 Å². The number of rotatable bonds is 10. The third-order valence-corrected chi connectivity index (χ3v) is 10.2. The van der Waals surface area contributed by atoms with Gasteiger partial charge in [-0.05, 0) is 60.9 Å². The van der Waals surface area contributed by atoms with Gasteiger partial charge in [0.2, 0.25) is 0 Å². The van der Waals surface area contributed by atoms with E-state index >= 15 is 0 Å². The molecular weight excluding hydrogens is 564 g/mol. The smallest absolute Gasteiger partial charge is 0.288 e. The second kappa shape index (κ2) is 12.7. The minimum Gasteiger partial charge on any atom is -0.370 e. The van der Waals surface area contributed by atoms with Gasteiger partial charge in [0, 0.05) is 59.4 Å². The lowest BCUT2D eigenvalue weighted by molar-refractivity contribution is 0.165. The number of halogens is 1. The fourth-order valence-electron chi connectivity index (χ4n) is 6.28. The Hall–Kier alpha value is -3.58. The number of aromatic nitrogens is 2. The summed E-state index contributed by atoms with van der Waals surface area (Å²) in [6.07, 6.45) is 5.93. The molecule has 1 fully saturated rings. The van der Waals surface area contributed by atoms with E-state index in [4.69, 9.17) is 0 Å². The number of nitrogens with zero attached hydrogens (tertiary/aromatic N) is 5. The molecule has 0 spiro atoms. The summed E-state index contributed by atoms with van der Waals surface area (Å²) in [5.41, 5.74) is 4.92. The predicted molar refractivity (Wildman–Crippen MR) is 171 cm³/mol. The Kier molecular flexibility index (Phi) is 8.66. The van der Waals surface area contributed by atoms with Crippen LogP contribution in [0.1, 0.15) is 53.1 Å². The molecule has 1 unspecified atom stereocenters. The van der Waals surface area contributed by atoms with Gasteiger partial charge < -0.3 is 15.1 Å². The Labute approximate surface area is 255 Å². The number of hydrogen-bond acceptors (Lipinski definition) is 8. The number of aryl methyl sites for hydroxylation is 1. The fraction of sp³-hybridized carbons (Fsp3) is 0.364. The van der Waals surface area contributed by atoms with Crippen molar-refractivity contribution >= 4 is 44.3 Å². The molecule has 0 radical (unpaired) electrons. The van der Waals surface area contributed by atoms with Crippen LogP contribution in [0, 0.1) is 22.5 Å². The van der Waals surface area contributed by atoms with Gasteiger partial charge in [-0.3, -0.25) is 0 Å². The molecule has 0 saturated carbocycles. The van der Waals surface area contributed by atoms with Crippen molar-refractivity contribution in [1.82, 2.24) is 19.2 Å². The van der Waals surface area contributed by atoms with E-state index in [1.807, 2.05) is 18.2 Å². The summed E-state index contributed by atoms with van der Waals surface area (Å²) in [5.74, 6) is 1.23. The fourth-order valence-corrected chi connectivity index (χ4v) is 7.97. The minimum absolute atomic E-state index is 0.441. The number of likely N-dealkylation sites (tertiary alicyclic amines) is 1. The quantitative estimate of drug-likeness (QED) is 0.205. The highest BCUT2D eigenvalue weighted by atomic mass is 32.1. The molecule has 0 amide bonds. The SMILES string of the molecule is C=C(Nc1sc2c(c1C#N)CCN(C(=C)CCN1CCCC(CCc3nsc(F)n3)C1)C2)c1cccc2ccccc12. The molecule has 4 heterocycles. The number of fused-ring (bicyclic) bond motifs is 2. The number of piperidine rings is 1. The third-order valence-electron chi connectivity index (χ3n) is 8.53. The lowest BCUT2D eigenvalue weighted by Gasteiger charge is -2.35. The number of benzene rings is 2. The molecule has 2 aliphatic rings. The molecule has 9 heteroatoms. The minimum atomic E-state index is -0.441. The van der Waals surface area contributed by atoms with E-state index in [1.54, 1.807) is 11.3 Å². The van der Waals surface area contributed by atoms with Crippen LogP contribution in [-0.4, -0.2) is 45.3 Å². The van der Waals surface area contributed by atoms with E-state index in [2.05, 4.69) is 68.0 Å². The molecule has 2 aromatic heterocycles. The molecule has 6 nitrogen and oxygen atoms in total. The Balaban J connectivity index is 1.05. The highest BCUT2D eigenvalue weighted by molar-refractivity contribution is 7.16. The Morgan fingerprint density at radius 3 is 2.86 bits per heavy atom. The van der Waals surface area contributed by atoms with E-state index in [0.29, 0.717) is 11.7 Å². The summed E-state index contributed by atoms with van der Waals surface area (Å²) in [6.45, 7) is 13.6. The number of anilines is 1. The first-order valence-electron chi connectivity index (χ1n) is 14.6. The number of hydrogen-bond donors (Lipinski definition) is 1. The lowest BCUT2D eigenvalue weighted by atomic mass is 9.93. The number of nitriles is 1. The van der Waals surface area contributed by atoms with E-state index < -0.39 is 5.26 Å². The first-order valence-corrected chi connectivity index (χ1v) is 16.2. The van der Waals surface area contributed by atoms with Crippen molar-refractivity contribution in [2.45, 2.75) is 45.1 Å². The molecule has 216 valence electrons. The van der Waals surface area contributed by atoms with Crippen LogP contribution in [0.2, 0.25) is 0 Å². The molecule has 1 saturated heterocycles. The monoisotopic (exact) mass is 598 g/mol. The van der Waals surface area contributed by atoms with Gasteiger partial charge in [0.1, 0.15) is 16.9 Å². The van der Waals surface area contributed by atoms with Gasteiger partial charge in [0.05, 0.1) is 12.1 Å². The van der Waals surface area contributed by atoms with Crippen molar-refractivity contribution in [2.75, 3.05) is 31.5 Å². The standard InChI is InChI=1S/C33H35FN6S2/c1-22(14-17-39-16-6-7-24(20-39)12-13-31-37-33(34)42-38-31)40-18-15-28-29(19-35)32(41-30(28)21-40)36-23(2)26-11-5-9-25-8-3-4-10-27(25)26/h3-5,8-11,24,36H,1-2,6-7,12-18,20-21H2. The maximum Gasteiger partial charge on any atom is 0.288 e.